The fourth-order valence-electron chi connectivity index (χ4n) is 3.09. The van der Waals surface area contributed by atoms with Gasteiger partial charge in [-0.15, -0.1) is 0 Å². The Balaban J connectivity index is 1.29. The first-order valence-electron chi connectivity index (χ1n) is 8.83. The summed E-state index contributed by atoms with van der Waals surface area (Å²) in [6.07, 6.45) is 7.56. The van der Waals surface area contributed by atoms with Crippen molar-refractivity contribution in [2.45, 2.75) is 19.4 Å². The fourth-order valence-corrected chi connectivity index (χ4v) is 3.09. The topological polar surface area (TPSA) is 63.7 Å². The molecule has 26 heavy (non-hydrogen) atoms. The van der Waals surface area contributed by atoms with E-state index in [1.54, 1.807) is 6.08 Å². The first-order chi connectivity index (χ1) is 12.8. The highest BCUT2D eigenvalue weighted by Crippen LogP contribution is 2.32. The smallest absolute Gasteiger partial charge is 0.244 e. The third-order valence-electron chi connectivity index (χ3n) is 4.53. The van der Waals surface area contributed by atoms with Crippen LogP contribution in [0.5, 0.6) is 11.5 Å². The van der Waals surface area contributed by atoms with Crippen LogP contribution < -0.4 is 19.7 Å². The monoisotopic (exact) mass is 351 g/mol. The Morgan fingerprint density at radius 3 is 2.81 bits per heavy atom. The van der Waals surface area contributed by atoms with Gasteiger partial charge < -0.3 is 19.7 Å². The molecule has 2 aliphatic rings. The quantitative estimate of drug-likeness (QED) is 0.839. The molecule has 0 atom stereocenters. The van der Waals surface area contributed by atoms with Crippen LogP contribution in [0.3, 0.4) is 0 Å². The number of fused-ring (bicyclic) bond motifs is 1. The largest absolute Gasteiger partial charge is 0.454 e. The molecule has 0 radical (unpaired) electrons. The van der Waals surface area contributed by atoms with Crippen LogP contribution in [-0.4, -0.2) is 30.8 Å². The Hall–Kier alpha value is -3.02. The zero-order valence-electron chi connectivity index (χ0n) is 14.5. The van der Waals surface area contributed by atoms with E-state index in [1.165, 1.54) is 18.9 Å². The first kappa shape index (κ1) is 16.4. The second kappa shape index (κ2) is 7.47. The molecule has 0 unspecified atom stereocenters. The van der Waals surface area contributed by atoms with Crippen molar-refractivity contribution in [3.63, 3.8) is 0 Å². The third-order valence-corrected chi connectivity index (χ3v) is 4.53. The lowest BCUT2D eigenvalue weighted by Crippen LogP contribution is -2.21. The Labute approximate surface area is 152 Å². The van der Waals surface area contributed by atoms with Crippen molar-refractivity contribution < 1.29 is 14.3 Å². The summed E-state index contributed by atoms with van der Waals surface area (Å²) in [4.78, 5) is 18.8. The molecule has 1 saturated heterocycles. The van der Waals surface area contributed by atoms with Crippen molar-refractivity contribution in [3.05, 3.63) is 53.7 Å². The van der Waals surface area contributed by atoms with E-state index in [-0.39, 0.29) is 12.7 Å². The predicted octanol–water partition coefficient (Wildman–Crippen LogP) is 2.74. The molecule has 0 saturated carbocycles. The molecule has 1 aromatic heterocycles. The number of hydrogen-bond acceptors (Lipinski definition) is 5. The van der Waals surface area contributed by atoms with Crippen molar-refractivity contribution >= 4 is 17.8 Å². The average molecular weight is 351 g/mol. The van der Waals surface area contributed by atoms with Gasteiger partial charge in [-0.3, -0.25) is 4.79 Å². The van der Waals surface area contributed by atoms with E-state index >= 15 is 0 Å². The molecule has 6 nitrogen and oxygen atoms in total. The van der Waals surface area contributed by atoms with E-state index in [0.29, 0.717) is 12.3 Å². The zero-order chi connectivity index (χ0) is 17.8. The minimum Gasteiger partial charge on any atom is -0.454 e. The molecule has 1 aromatic carbocycles. The molecule has 4 rings (SSSR count). The van der Waals surface area contributed by atoms with Crippen LogP contribution in [0, 0.1) is 0 Å². The Kier molecular flexibility index (Phi) is 4.73. The summed E-state index contributed by atoms with van der Waals surface area (Å²) < 4.78 is 10.6. The van der Waals surface area contributed by atoms with Gasteiger partial charge in [-0.25, -0.2) is 4.98 Å². The van der Waals surface area contributed by atoms with E-state index in [4.69, 9.17) is 9.47 Å². The van der Waals surface area contributed by atoms with Gasteiger partial charge in [-0.1, -0.05) is 12.1 Å². The zero-order valence-corrected chi connectivity index (χ0v) is 14.5. The van der Waals surface area contributed by atoms with E-state index < -0.39 is 0 Å². The number of ether oxygens (including phenoxy) is 2. The van der Waals surface area contributed by atoms with Crippen LogP contribution in [0.4, 0.5) is 5.82 Å². The summed E-state index contributed by atoms with van der Waals surface area (Å²) >= 11 is 0. The van der Waals surface area contributed by atoms with Crippen molar-refractivity contribution in [2.75, 3.05) is 24.8 Å². The highest BCUT2D eigenvalue weighted by molar-refractivity contribution is 5.91. The Morgan fingerprint density at radius 2 is 2.00 bits per heavy atom. The van der Waals surface area contributed by atoms with Crippen molar-refractivity contribution in [3.8, 4) is 11.5 Å². The van der Waals surface area contributed by atoms with E-state index in [2.05, 4.69) is 15.2 Å². The maximum Gasteiger partial charge on any atom is 0.244 e. The summed E-state index contributed by atoms with van der Waals surface area (Å²) in [5.41, 5.74) is 1.87. The lowest BCUT2D eigenvalue weighted by atomic mass is 10.2. The number of carbonyl (C=O) groups is 1. The van der Waals surface area contributed by atoms with Crippen LogP contribution in [0.15, 0.2) is 42.6 Å². The molecular formula is C20H21N3O3. The van der Waals surface area contributed by atoms with Gasteiger partial charge in [0.05, 0.1) is 0 Å². The lowest BCUT2D eigenvalue weighted by Gasteiger charge is -2.16. The van der Waals surface area contributed by atoms with Crippen LogP contribution in [0.2, 0.25) is 0 Å². The van der Waals surface area contributed by atoms with E-state index in [9.17, 15) is 4.79 Å². The summed E-state index contributed by atoms with van der Waals surface area (Å²) in [6.45, 7) is 2.85. The van der Waals surface area contributed by atoms with Crippen molar-refractivity contribution in [1.82, 2.24) is 10.3 Å². The molecule has 3 heterocycles. The van der Waals surface area contributed by atoms with Gasteiger partial charge in [0, 0.05) is 31.9 Å². The van der Waals surface area contributed by atoms with E-state index in [0.717, 1.165) is 35.8 Å². The number of amides is 1. The third kappa shape index (κ3) is 3.79. The minimum atomic E-state index is -0.147. The molecule has 0 bridgehead atoms. The molecule has 1 N–H and O–H groups in total. The summed E-state index contributed by atoms with van der Waals surface area (Å²) in [5, 5.41) is 2.88. The maximum atomic E-state index is 12.0. The summed E-state index contributed by atoms with van der Waals surface area (Å²) in [7, 11) is 0. The number of nitrogens with zero attached hydrogens (tertiary/aromatic N) is 2. The van der Waals surface area contributed by atoms with Gasteiger partial charge in [0.2, 0.25) is 12.7 Å². The lowest BCUT2D eigenvalue weighted by molar-refractivity contribution is -0.116. The Morgan fingerprint density at radius 1 is 1.15 bits per heavy atom. The van der Waals surface area contributed by atoms with E-state index in [1.807, 2.05) is 36.5 Å². The number of hydrogen-bond donors (Lipinski definition) is 1. The van der Waals surface area contributed by atoms with Crippen molar-refractivity contribution in [1.29, 1.82) is 0 Å². The van der Waals surface area contributed by atoms with Crippen LogP contribution in [-0.2, 0) is 11.3 Å². The molecule has 2 aliphatic heterocycles. The van der Waals surface area contributed by atoms with Gasteiger partial charge in [0.25, 0.3) is 0 Å². The normalized spacial score (nSPS) is 15.6. The molecule has 0 aliphatic carbocycles. The molecule has 0 spiro atoms. The summed E-state index contributed by atoms with van der Waals surface area (Å²) in [6, 6.07) is 9.62. The first-order valence-corrected chi connectivity index (χ1v) is 8.83. The number of rotatable bonds is 5. The number of benzene rings is 1. The molecular weight excluding hydrogens is 330 g/mol. The predicted molar refractivity (Wildman–Crippen MR) is 99.1 cm³/mol. The maximum absolute atomic E-state index is 12.0. The number of aromatic nitrogens is 1. The number of carbonyl (C=O) groups excluding carboxylic acids is 1. The second-order valence-electron chi connectivity index (χ2n) is 6.38. The van der Waals surface area contributed by atoms with Crippen LogP contribution in [0.1, 0.15) is 24.0 Å². The van der Waals surface area contributed by atoms with Gasteiger partial charge in [0.1, 0.15) is 5.82 Å². The molecule has 134 valence electrons. The number of anilines is 1. The highest BCUT2D eigenvalue weighted by atomic mass is 16.7. The van der Waals surface area contributed by atoms with Gasteiger partial charge in [-0.2, -0.15) is 0 Å². The van der Waals surface area contributed by atoms with Gasteiger partial charge in [0.15, 0.2) is 11.5 Å². The van der Waals surface area contributed by atoms with Gasteiger partial charge in [-0.05, 0) is 48.2 Å². The standard InChI is InChI=1S/C20H21N3O3/c24-20(8-5-15-3-6-17-18(11-15)26-14-25-17)22-13-16-4-7-19(21-12-16)23-9-1-2-10-23/h3-8,11-12H,1-2,9-10,13-14H2,(H,22,24). The minimum absolute atomic E-state index is 0.147. The molecule has 1 fully saturated rings. The number of pyridine rings is 1. The molecule has 6 heteroatoms. The molecule has 2 aromatic rings. The van der Waals surface area contributed by atoms with Crippen molar-refractivity contribution in [2.24, 2.45) is 0 Å². The Bertz CT molecular complexity index is 812. The second-order valence-corrected chi connectivity index (χ2v) is 6.38. The average Bonchev–Trinajstić information content (AvgIpc) is 3.36. The highest BCUT2D eigenvalue weighted by Gasteiger charge is 2.13. The van der Waals surface area contributed by atoms with Crippen LogP contribution in [0.25, 0.3) is 6.08 Å². The summed E-state index contributed by atoms with van der Waals surface area (Å²) in [5.74, 6) is 2.31. The SMILES string of the molecule is O=C(C=Cc1ccc2c(c1)OCO2)NCc1ccc(N2CCCC2)nc1. The number of nitrogens with one attached hydrogen (secondary N) is 1. The van der Waals surface area contributed by atoms with Crippen LogP contribution >= 0.6 is 0 Å². The van der Waals surface area contributed by atoms with Gasteiger partial charge >= 0.3 is 0 Å². The fraction of sp³-hybridized carbons (Fsp3) is 0.300. The molecule has 1 amide bonds.